The van der Waals surface area contributed by atoms with Gasteiger partial charge in [-0.2, -0.15) is 0 Å². The lowest BCUT2D eigenvalue weighted by atomic mass is 9.78. The number of aromatic nitrogens is 4. The first-order valence-electron chi connectivity index (χ1n) is 7.41. The normalized spacial score (nSPS) is 26.0. The quantitative estimate of drug-likeness (QED) is 0.861. The molecule has 0 spiro atoms. The third-order valence-electron chi connectivity index (χ3n) is 4.72. The predicted octanol–water partition coefficient (Wildman–Crippen LogP) is 3.57. The molecule has 0 amide bonds. The van der Waals surface area contributed by atoms with Crippen molar-refractivity contribution in [2.24, 2.45) is 11.8 Å². The topological polar surface area (TPSA) is 69.6 Å². The molecule has 21 heavy (non-hydrogen) atoms. The van der Waals surface area contributed by atoms with Crippen LogP contribution in [0, 0.1) is 11.8 Å². The maximum Gasteiger partial charge on any atom is 0.182 e. The van der Waals surface area contributed by atoms with Crippen molar-refractivity contribution in [2.45, 2.75) is 39.2 Å². The van der Waals surface area contributed by atoms with Crippen LogP contribution in [0.5, 0.6) is 0 Å². The number of anilines is 1. The van der Waals surface area contributed by atoms with E-state index in [0.29, 0.717) is 28.6 Å². The second kappa shape index (κ2) is 5.64. The lowest BCUT2D eigenvalue weighted by molar-refractivity contribution is 0.174. The van der Waals surface area contributed by atoms with E-state index in [0.717, 1.165) is 17.8 Å². The van der Waals surface area contributed by atoms with Crippen molar-refractivity contribution in [1.82, 2.24) is 20.2 Å². The highest BCUT2D eigenvalue weighted by Crippen LogP contribution is 2.39. The molecule has 0 bridgehead atoms. The van der Waals surface area contributed by atoms with Gasteiger partial charge in [-0.05, 0) is 46.9 Å². The van der Waals surface area contributed by atoms with Crippen molar-refractivity contribution in [1.29, 1.82) is 0 Å². The van der Waals surface area contributed by atoms with Gasteiger partial charge in [0.1, 0.15) is 0 Å². The van der Waals surface area contributed by atoms with Gasteiger partial charge < -0.3 is 5.73 Å². The molecule has 5 nitrogen and oxygen atoms in total. The highest BCUT2D eigenvalue weighted by Gasteiger charge is 2.31. The van der Waals surface area contributed by atoms with Gasteiger partial charge in [0.05, 0.1) is 16.8 Å². The van der Waals surface area contributed by atoms with E-state index in [1.165, 1.54) is 12.8 Å². The summed E-state index contributed by atoms with van der Waals surface area (Å²) in [7, 11) is 0. The van der Waals surface area contributed by atoms with Crippen LogP contribution in [0.25, 0.3) is 11.4 Å². The lowest BCUT2D eigenvalue weighted by Crippen LogP contribution is -2.28. The Kier molecular flexibility index (Phi) is 3.85. The second-order valence-electron chi connectivity index (χ2n) is 6.02. The molecule has 112 valence electrons. The van der Waals surface area contributed by atoms with E-state index in [4.69, 9.17) is 17.3 Å². The van der Waals surface area contributed by atoms with Crippen LogP contribution in [0.15, 0.2) is 18.2 Å². The number of nitrogens with two attached hydrogens (primary N) is 1. The molecule has 0 radical (unpaired) electrons. The maximum absolute atomic E-state index is 5.99. The molecule has 1 aromatic carbocycles. The van der Waals surface area contributed by atoms with Gasteiger partial charge in [-0.25, -0.2) is 4.68 Å². The molecule has 3 unspecified atom stereocenters. The summed E-state index contributed by atoms with van der Waals surface area (Å²) < 4.78 is 1.96. The zero-order chi connectivity index (χ0) is 15.0. The van der Waals surface area contributed by atoms with Crippen molar-refractivity contribution in [3.63, 3.8) is 0 Å². The Balaban J connectivity index is 1.98. The maximum atomic E-state index is 5.99. The molecular weight excluding hydrogens is 286 g/mol. The number of tetrazole rings is 1. The molecule has 6 heteroatoms. The number of nitrogens with zero attached hydrogens (tertiary/aromatic N) is 4. The molecule has 1 aromatic heterocycles. The molecule has 0 saturated heterocycles. The van der Waals surface area contributed by atoms with Gasteiger partial charge in [0.15, 0.2) is 5.82 Å². The van der Waals surface area contributed by atoms with Crippen LogP contribution in [-0.2, 0) is 0 Å². The molecular formula is C15H20ClN5. The Labute approximate surface area is 129 Å². The molecule has 3 rings (SSSR count). The van der Waals surface area contributed by atoms with Crippen molar-refractivity contribution >= 4 is 17.3 Å². The van der Waals surface area contributed by atoms with Crippen LogP contribution < -0.4 is 5.73 Å². The summed E-state index contributed by atoms with van der Waals surface area (Å²) in [5.41, 5.74) is 7.35. The van der Waals surface area contributed by atoms with Crippen molar-refractivity contribution in [3.05, 3.63) is 23.2 Å². The molecule has 1 aliphatic rings. The fourth-order valence-electron chi connectivity index (χ4n) is 3.19. The van der Waals surface area contributed by atoms with Crippen LogP contribution in [0.3, 0.4) is 0 Å². The number of halogens is 1. The monoisotopic (exact) mass is 305 g/mol. The highest BCUT2D eigenvalue weighted by atomic mass is 35.5. The van der Waals surface area contributed by atoms with Gasteiger partial charge in [0.25, 0.3) is 0 Å². The van der Waals surface area contributed by atoms with Crippen molar-refractivity contribution < 1.29 is 0 Å². The average Bonchev–Trinajstić information content (AvgIpc) is 2.94. The Hall–Kier alpha value is -1.62. The molecule has 1 fully saturated rings. The van der Waals surface area contributed by atoms with E-state index >= 15 is 0 Å². The minimum atomic E-state index is 0.343. The third-order valence-corrected chi connectivity index (χ3v) is 5.07. The minimum Gasteiger partial charge on any atom is -0.398 e. The number of hydrogen-bond donors (Lipinski definition) is 1. The zero-order valence-corrected chi connectivity index (χ0v) is 13.1. The van der Waals surface area contributed by atoms with Crippen molar-refractivity contribution in [2.75, 3.05) is 5.73 Å². The first kappa shape index (κ1) is 14.3. The second-order valence-corrected chi connectivity index (χ2v) is 6.43. The molecule has 1 heterocycles. The summed E-state index contributed by atoms with van der Waals surface area (Å²) in [6.45, 7) is 4.59. The van der Waals surface area contributed by atoms with E-state index in [1.54, 1.807) is 6.07 Å². The molecule has 3 atom stereocenters. The fourth-order valence-corrected chi connectivity index (χ4v) is 3.31. The summed E-state index contributed by atoms with van der Waals surface area (Å²) in [4.78, 5) is 0. The van der Waals surface area contributed by atoms with E-state index in [-0.39, 0.29) is 0 Å². The van der Waals surface area contributed by atoms with E-state index < -0.39 is 0 Å². The van der Waals surface area contributed by atoms with Gasteiger partial charge >= 0.3 is 0 Å². The fraction of sp³-hybridized carbons (Fsp3) is 0.533. The smallest absolute Gasteiger partial charge is 0.182 e. The first-order chi connectivity index (χ1) is 10.1. The summed E-state index contributed by atoms with van der Waals surface area (Å²) >= 11 is 5.99. The van der Waals surface area contributed by atoms with Crippen LogP contribution in [0.2, 0.25) is 5.02 Å². The predicted molar refractivity (Wildman–Crippen MR) is 83.9 cm³/mol. The first-order valence-corrected chi connectivity index (χ1v) is 7.79. The number of nitrogen functional groups attached to an aromatic ring is 1. The molecule has 2 aromatic rings. The zero-order valence-electron chi connectivity index (χ0n) is 12.3. The number of rotatable bonds is 2. The average molecular weight is 306 g/mol. The highest BCUT2D eigenvalue weighted by molar-refractivity contribution is 6.33. The Morgan fingerprint density at radius 1 is 1.29 bits per heavy atom. The summed E-state index contributed by atoms with van der Waals surface area (Å²) in [6.07, 6.45) is 3.62. The van der Waals surface area contributed by atoms with Gasteiger partial charge in [-0.1, -0.05) is 38.3 Å². The van der Waals surface area contributed by atoms with Crippen LogP contribution in [0.1, 0.15) is 39.2 Å². The van der Waals surface area contributed by atoms with Crippen molar-refractivity contribution in [3.8, 4) is 11.4 Å². The number of hydrogen-bond acceptors (Lipinski definition) is 4. The van der Waals surface area contributed by atoms with Gasteiger partial charge in [-0.15, -0.1) is 5.10 Å². The van der Waals surface area contributed by atoms with Crippen LogP contribution in [-0.4, -0.2) is 20.2 Å². The summed E-state index contributed by atoms with van der Waals surface area (Å²) in [6, 6.07) is 5.88. The van der Waals surface area contributed by atoms with Gasteiger partial charge in [0, 0.05) is 5.56 Å². The van der Waals surface area contributed by atoms with E-state index in [2.05, 4.69) is 29.4 Å². The molecule has 0 aliphatic heterocycles. The Bertz CT molecular complexity index is 639. The standard InChI is InChI=1S/C15H20ClN5/c1-9-4-3-5-14(10(9)2)21-15(18-19-20-21)11-6-7-12(16)13(17)8-11/h6-10,14H,3-5,17H2,1-2H3. The Morgan fingerprint density at radius 3 is 2.86 bits per heavy atom. The molecule has 2 N–H and O–H groups in total. The summed E-state index contributed by atoms with van der Waals surface area (Å²) in [5.74, 6) is 2.02. The lowest BCUT2D eigenvalue weighted by Gasteiger charge is -2.34. The van der Waals surface area contributed by atoms with Gasteiger partial charge in [-0.3, -0.25) is 0 Å². The summed E-state index contributed by atoms with van der Waals surface area (Å²) in [5, 5.41) is 12.9. The Morgan fingerprint density at radius 2 is 2.10 bits per heavy atom. The van der Waals surface area contributed by atoms with Crippen LogP contribution in [0.4, 0.5) is 5.69 Å². The minimum absolute atomic E-state index is 0.343. The van der Waals surface area contributed by atoms with E-state index in [9.17, 15) is 0 Å². The number of benzene rings is 1. The molecule has 1 saturated carbocycles. The van der Waals surface area contributed by atoms with E-state index in [1.807, 2.05) is 16.8 Å². The SMILES string of the molecule is CC1CCCC(n2nnnc2-c2ccc(Cl)c(N)c2)C1C. The largest absolute Gasteiger partial charge is 0.398 e. The van der Waals surface area contributed by atoms with Crippen LogP contribution >= 0.6 is 11.6 Å². The molecule has 1 aliphatic carbocycles. The van der Waals surface area contributed by atoms with Gasteiger partial charge in [0.2, 0.25) is 0 Å². The third kappa shape index (κ3) is 2.62.